The Morgan fingerprint density at radius 1 is 1.29 bits per heavy atom. The molecule has 0 saturated carbocycles. The Labute approximate surface area is 143 Å². The molecule has 1 N–H and O–H groups in total. The van der Waals surface area contributed by atoms with Gasteiger partial charge in [0, 0.05) is 29.5 Å². The van der Waals surface area contributed by atoms with Crippen LogP contribution in [0.25, 0.3) is 10.9 Å². The summed E-state index contributed by atoms with van der Waals surface area (Å²) in [7, 11) is 1.62. The number of hydrogen-bond donors (Lipinski definition) is 1. The number of thiophene rings is 1. The minimum atomic E-state index is -0.491. The van der Waals surface area contributed by atoms with E-state index in [1.165, 1.54) is 20.8 Å². The van der Waals surface area contributed by atoms with Crippen molar-refractivity contribution < 1.29 is 9.90 Å². The summed E-state index contributed by atoms with van der Waals surface area (Å²) < 4.78 is 1.42. The molecule has 0 fully saturated rings. The molecule has 24 heavy (non-hydrogen) atoms. The van der Waals surface area contributed by atoms with Gasteiger partial charge in [-0.2, -0.15) is 0 Å². The third-order valence-electron chi connectivity index (χ3n) is 4.15. The normalized spacial score (nSPS) is 11.0. The van der Waals surface area contributed by atoms with Crippen LogP contribution >= 0.6 is 11.3 Å². The number of carbonyl (C=O) groups is 1. The van der Waals surface area contributed by atoms with Crippen LogP contribution in [0.5, 0.6) is 5.75 Å². The van der Waals surface area contributed by atoms with E-state index < -0.39 is 11.5 Å². The number of aromatic hydroxyl groups is 1. The number of amides is 1. The van der Waals surface area contributed by atoms with Gasteiger partial charge in [-0.05, 0) is 26.0 Å². The maximum absolute atomic E-state index is 13.0. The zero-order chi connectivity index (χ0) is 17.4. The Balaban J connectivity index is 2.23. The van der Waals surface area contributed by atoms with Crippen molar-refractivity contribution in [3.05, 3.63) is 56.5 Å². The average molecular weight is 342 g/mol. The zero-order valence-electron chi connectivity index (χ0n) is 13.7. The van der Waals surface area contributed by atoms with Crippen LogP contribution in [0, 0.1) is 6.92 Å². The van der Waals surface area contributed by atoms with Crippen LogP contribution in [0.15, 0.2) is 40.5 Å². The molecule has 0 spiro atoms. The Bertz CT molecular complexity index is 973. The summed E-state index contributed by atoms with van der Waals surface area (Å²) in [4.78, 5) is 28.0. The fraction of sp³-hybridized carbons (Fsp3) is 0.222. The maximum atomic E-state index is 13.0. The molecule has 124 valence electrons. The zero-order valence-corrected chi connectivity index (χ0v) is 14.6. The molecule has 0 aliphatic rings. The van der Waals surface area contributed by atoms with E-state index in [1.807, 2.05) is 37.4 Å². The second kappa shape index (κ2) is 6.13. The molecule has 0 aliphatic heterocycles. The third-order valence-corrected chi connectivity index (χ3v) is 5.05. The molecule has 6 heteroatoms. The predicted octanol–water partition coefficient (Wildman–Crippen LogP) is 3.28. The number of fused-ring (bicyclic) bond motifs is 1. The van der Waals surface area contributed by atoms with Gasteiger partial charge < -0.3 is 14.6 Å². The van der Waals surface area contributed by atoms with Crippen molar-refractivity contribution in [1.82, 2.24) is 4.57 Å². The van der Waals surface area contributed by atoms with Crippen molar-refractivity contribution in [3.8, 4) is 5.75 Å². The van der Waals surface area contributed by atoms with Crippen LogP contribution in [0.3, 0.4) is 0 Å². The number of hydrogen-bond acceptors (Lipinski definition) is 4. The quantitative estimate of drug-likeness (QED) is 0.794. The lowest BCUT2D eigenvalue weighted by atomic mass is 10.1. The Morgan fingerprint density at radius 2 is 1.96 bits per heavy atom. The van der Waals surface area contributed by atoms with Crippen LogP contribution in [-0.2, 0) is 7.05 Å². The second-order valence-corrected chi connectivity index (χ2v) is 6.61. The molecule has 2 heterocycles. The summed E-state index contributed by atoms with van der Waals surface area (Å²) in [5, 5.41) is 13.0. The van der Waals surface area contributed by atoms with Gasteiger partial charge in [-0.15, -0.1) is 11.3 Å². The number of para-hydroxylation sites is 1. The highest BCUT2D eigenvalue weighted by molar-refractivity contribution is 7.11. The molecule has 0 unspecified atom stereocenters. The highest BCUT2D eigenvalue weighted by Crippen LogP contribution is 2.34. The van der Waals surface area contributed by atoms with Gasteiger partial charge in [0.05, 0.1) is 10.9 Å². The molecule has 0 atom stereocenters. The van der Waals surface area contributed by atoms with Gasteiger partial charge in [-0.25, -0.2) is 0 Å². The largest absolute Gasteiger partial charge is 0.506 e. The molecular formula is C18H18N2O3S. The third kappa shape index (κ3) is 2.39. The van der Waals surface area contributed by atoms with Gasteiger partial charge in [0.1, 0.15) is 11.3 Å². The summed E-state index contributed by atoms with van der Waals surface area (Å²) in [6, 6.07) is 9.12. The number of rotatable bonds is 3. The smallest absolute Gasteiger partial charge is 0.267 e. The number of aromatic nitrogens is 1. The van der Waals surface area contributed by atoms with E-state index in [1.54, 1.807) is 19.2 Å². The topological polar surface area (TPSA) is 62.5 Å². The minimum Gasteiger partial charge on any atom is -0.506 e. The summed E-state index contributed by atoms with van der Waals surface area (Å²) in [5.74, 6) is -0.722. The lowest BCUT2D eigenvalue weighted by Crippen LogP contribution is -2.36. The Morgan fingerprint density at radius 3 is 2.58 bits per heavy atom. The van der Waals surface area contributed by atoms with E-state index in [9.17, 15) is 14.7 Å². The average Bonchev–Trinajstić information content (AvgIpc) is 2.97. The second-order valence-electron chi connectivity index (χ2n) is 5.52. The molecule has 0 radical (unpaired) electrons. The molecule has 1 amide bonds. The number of aryl methyl sites for hydroxylation is 2. The van der Waals surface area contributed by atoms with E-state index in [2.05, 4.69) is 0 Å². The predicted molar refractivity (Wildman–Crippen MR) is 97.3 cm³/mol. The van der Waals surface area contributed by atoms with Crippen molar-refractivity contribution in [2.24, 2.45) is 7.05 Å². The first-order valence-corrected chi connectivity index (χ1v) is 8.52. The molecule has 0 saturated heterocycles. The maximum Gasteiger partial charge on any atom is 0.267 e. The van der Waals surface area contributed by atoms with Crippen molar-refractivity contribution >= 4 is 33.8 Å². The summed E-state index contributed by atoms with van der Waals surface area (Å²) >= 11 is 1.44. The number of carbonyl (C=O) groups excluding carboxylic acids is 1. The molecule has 0 bridgehead atoms. The Kier molecular flexibility index (Phi) is 4.15. The van der Waals surface area contributed by atoms with Crippen molar-refractivity contribution in [2.45, 2.75) is 13.8 Å². The number of benzene rings is 1. The molecule has 0 aliphatic carbocycles. The van der Waals surface area contributed by atoms with Crippen molar-refractivity contribution in [3.63, 3.8) is 0 Å². The standard InChI is InChI=1S/C18H18N2O3S/c1-4-20(12-8-6-5-7-9-12)18(23)15-16(21)14-11(2)24-10-13(14)19(3)17(15)22/h5-10,21H,4H2,1-3H3. The first-order chi connectivity index (χ1) is 11.5. The van der Waals surface area contributed by atoms with Crippen LogP contribution in [-0.4, -0.2) is 22.1 Å². The highest BCUT2D eigenvalue weighted by Gasteiger charge is 2.26. The summed E-state index contributed by atoms with van der Waals surface area (Å²) in [6.45, 7) is 4.09. The lowest BCUT2D eigenvalue weighted by molar-refractivity contribution is 0.0984. The first-order valence-electron chi connectivity index (χ1n) is 7.64. The highest BCUT2D eigenvalue weighted by atomic mass is 32.1. The lowest BCUT2D eigenvalue weighted by Gasteiger charge is -2.21. The monoisotopic (exact) mass is 342 g/mol. The van der Waals surface area contributed by atoms with Crippen LogP contribution < -0.4 is 10.5 Å². The fourth-order valence-electron chi connectivity index (χ4n) is 2.86. The summed E-state index contributed by atoms with van der Waals surface area (Å²) in [6.07, 6.45) is 0. The van der Waals surface area contributed by atoms with E-state index in [0.717, 1.165) is 4.88 Å². The summed E-state index contributed by atoms with van der Waals surface area (Å²) in [5.41, 5.74) is 0.655. The van der Waals surface area contributed by atoms with Crippen LogP contribution in [0.2, 0.25) is 0 Å². The SMILES string of the molecule is CCN(C(=O)c1c(O)c2c(C)scc2n(C)c1=O)c1ccccc1. The van der Waals surface area contributed by atoms with E-state index >= 15 is 0 Å². The van der Waals surface area contributed by atoms with Crippen LogP contribution in [0.4, 0.5) is 5.69 Å². The van der Waals surface area contributed by atoms with Gasteiger partial charge in [0.15, 0.2) is 0 Å². The number of pyridine rings is 1. The van der Waals surface area contributed by atoms with Gasteiger partial charge in [0.25, 0.3) is 11.5 Å². The number of nitrogens with zero attached hydrogens (tertiary/aromatic N) is 2. The molecule has 3 aromatic rings. The van der Waals surface area contributed by atoms with E-state index in [-0.39, 0.29) is 11.3 Å². The van der Waals surface area contributed by atoms with Gasteiger partial charge in [-0.3, -0.25) is 9.59 Å². The van der Waals surface area contributed by atoms with E-state index in [4.69, 9.17) is 0 Å². The molecule has 1 aromatic carbocycles. The molecule has 5 nitrogen and oxygen atoms in total. The number of anilines is 1. The molecular weight excluding hydrogens is 324 g/mol. The first kappa shape index (κ1) is 16.3. The fourth-order valence-corrected chi connectivity index (χ4v) is 3.74. The Hall–Kier alpha value is -2.60. The van der Waals surface area contributed by atoms with E-state index in [0.29, 0.717) is 23.1 Å². The molecule has 2 aromatic heterocycles. The van der Waals surface area contributed by atoms with Crippen LogP contribution in [0.1, 0.15) is 22.2 Å². The van der Waals surface area contributed by atoms with Crippen molar-refractivity contribution in [2.75, 3.05) is 11.4 Å². The van der Waals surface area contributed by atoms with Gasteiger partial charge in [-0.1, -0.05) is 18.2 Å². The van der Waals surface area contributed by atoms with Crippen molar-refractivity contribution in [1.29, 1.82) is 0 Å². The minimum absolute atomic E-state index is 0.183. The molecule has 3 rings (SSSR count). The van der Waals surface area contributed by atoms with Gasteiger partial charge in [0.2, 0.25) is 0 Å². The van der Waals surface area contributed by atoms with Gasteiger partial charge >= 0.3 is 0 Å².